The van der Waals surface area contributed by atoms with Crippen LogP contribution < -0.4 is 10.5 Å². The molecule has 3 N–H and O–H groups in total. The van der Waals surface area contributed by atoms with Crippen LogP contribution in [0.25, 0.3) is 0 Å². The monoisotopic (exact) mass is 356 g/mol. The van der Waals surface area contributed by atoms with Gasteiger partial charge in [0.2, 0.25) is 5.91 Å². The van der Waals surface area contributed by atoms with E-state index in [1.165, 1.54) is 82.6 Å². The van der Waals surface area contributed by atoms with Crippen LogP contribution in [0.3, 0.4) is 0 Å². The second-order valence-electron chi connectivity index (χ2n) is 6.50. The molecule has 0 aliphatic carbocycles. The maximum absolute atomic E-state index is 11.5. The van der Waals surface area contributed by atoms with E-state index < -0.39 is 0 Å². The van der Waals surface area contributed by atoms with Gasteiger partial charge in [-0.05, 0) is 44.1 Å². The van der Waals surface area contributed by atoms with E-state index in [1.54, 1.807) is 0 Å². The topological polar surface area (TPSA) is 55.1 Å². The van der Waals surface area contributed by atoms with E-state index >= 15 is 0 Å². The number of carbonyl (C=O) groups is 1. The lowest BCUT2D eigenvalue weighted by molar-refractivity contribution is -0.119. The van der Waals surface area contributed by atoms with Crippen molar-refractivity contribution in [2.75, 3.05) is 12.3 Å². The Balaban J connectivity index is 3.16. The molecule has 0 unspecified atom stereocenters. The zero-order chi connectivity index (χ0) is 17.7. The van der Waals surface area contributed by atoms with Crippen LogP contribution in [-0.2, 0) is 4.79 Å². The van der Waals surface area contributed by atoms with E-state index in [-0.39, 0.29) is 5.91 Å². The van der Waals surface area contributed by atoms with E-state index in [0.29, 0.717) is 13.0 Å². The summed E-state index contributed by atoms with van der Waals surface area (Å²) >= 11 is 1.42. The van der Waals surface area contributed by atoms with E-state index in [1.807, 2.05) is 0 Å². The minimum absolute atomic E-state index is 0.145. The molecule has 0 aromatic rings. The van der Waals surface area contributed by atoms with Crippen molar-refractivity contribution in [1.29, 1.82) is 0 Å². The largest absolute Gasteiger partial charge is 0.330 e. The summed E-state index contributed by atoms with van der Waals surface area (Å²) in [5.41, 5.74) is 5.37. The SMILES string of the molecule is CCCCCCCC/C=C\CCCCCCCC(=O)NSCCN. The van der Waals surface area contributed by atoms with E-state index in [9.17, 15) is 4.79 Å². The van der Waals surface area contributed by atoms with Crippen LogP contribution >= 0.6 is 11.9 Å². The summed E-state index contributed by atoms with van der Waals surface area (Å²) in [6.07, 6.45) is 22.1. The van der Waals surface area contributed by atoms with Crippen molar-refractivity contribution in [3.63, 3.8) is 0 Å². The zero-order valence-electron chi connectivity index (χ0n) is 15.9. The van der Waals surface area contributed by atoms with E-state index in [0.717, 1.165) is 18.6 Å². The highest BCUT2D eigenvalue weighted by atomic mass is 32.2. The highest BCUT2D eigenvalue weighted by Gasteiger charge is 2.00. The van der Waals surface area contributed by atoms with Crippen molar-refractivity contribution in [2.45, 2.75) is 96.8 Å². The number of hydrogen-bond donors (Lipinski definition) is 2. The van der Waals surface area contributed by atoms with Gasteiger partial charge in [-0.25, -0.2) is 0 Å². The molecule has 0 saturated carbocycles. The predicted octanol–water partition coefficient (Wildman–Crippen LogP) is 5.75. The van der Waals surface area contributed by atoms with Crippen molar-refractivity contribution in [3.8, 4) is 0 Å². The molecule has 142 valence electrons. The number of allylic oxidation sites excluding steroid dienone is 2. The van der Waals surface area contributed by atoms with Gasteiger partial charge in [0.05, 0.1) is 0 Å². The third-order valence-corrected chi connectivity index (χ3v) is 4.88. The summed E-state index contributed by atoms with van der Waals surface area (Å²) in [6.45, 7) is 2.88. The first-order valence-corrected chi connectivity index (χ1v) is 11.1. The summed E-state index contributed by atoms with van der Waals surface area (Å²) in [4.78, 5) is 11.5. The summed E-state index contributed by atoms with van der Waals surface area (Å²) < 4.78 is 2.82. The molecule has 0 heterocycles. The number of rotatable bonds is 18. The van der Waals surface area contributed by atoms with Crippen molar-refractivity contribution in [1.82, 2.24) is 4.72 Å². The van der Waals surface area contributed by atoms with Crippen molar-refractivity contribution in [3.05, 3.63) is 12.2 Å². The fourth-order valence-electron chi connectivity index (χ4n) is 2.60. The van der Waals surface area contributed by atoms with Gasteiger partial charge in [0.15, 0.2) is 0 Å². The first kappa shape index (κ1) is 23.5. The molecule has 0 aromatic carbocycles. The summed E-state index contributed by atoms with van der Waals surface area (Å²) in [6, 6.07) is 0. The molecule has 0 rings (SSSR count). The first-order chi connectivity index (χ1) is 11.8. The molecule has 0 radical (unpaired) electrons. The van der Waals surface area contributed by atoms with Gasteiger partial charge < -0.3 is 10.5 Å². The standard InChI is InChI=1S/C20H40N2OS/c1-2-3-4-5-6-7-8-9-10-11-12-13-14-15-16-17-20(23)22-24-19-18-21/h9-10H,2-8,11-19,21H2,1H3,(H,22,23)/b10-9-. The van der Waals surface area contributed by atoms with Crippen LogP contribution in [-0.4, -0.2) is 18.2 Å². The van der Waals surface area contributed by atoms with Crippen LogP contribution in [0.15, 0.2) is 12.2 Å². The Morgan fingerprint density at radius 2 is 1.42 bits per heavy atom. The Morgan fingerprint density at radius 3 is 2.00 bits per heavy atom. The highest BCUT2D eigenvalue weighted by molar-refractivity contribution is 7.97. The molecule has 0 fully saturated rings. The van der Waals surface area contributed by atoms with Crippen LogP contribution in [0.1, 0.15) is 96.8 Å². The van der Waals surface area contributed by atoms with Crippen LogP contribution in [0.4, 0.5) is 0 Å². The Hall–Kier alpha value is -0.480. The van der Waals surface area contributed by atoms with Gasteiger partial charge in [0.25, 0.3) is 0 Å². The molecule has 4 heteroatoms. The van der Waals surface area contributed by atoms with Crippen LogP contribution in [0.5, 0.6) is 0 Å². The number of hydrogen-bond acceptors (Lipinski definition) is 3. The smallest absolute Gasteiger partial charge is 0.229 e. The molecule has 1 amide bonds. The maximum atomic E-state index is 11.5. The lowest BCUT2D eigenvalue weighted by Gasteiger charge is -2.03. The normalized spacial score (nSPS) is 11.2. The summed E-state index contributed by atoms with van der Waals surface area (Å²) in [5.74, 6) is 0.934. The number of amides is 1. The minimum atomic E-state index is 0.145. The van der Waals surface area contributed by atoms with Crippen molar-refractivity contribution < 1.29 is 4.79 Å². The fourth-order valence-corrected chi connectivity index (χ4v) is 3.08. The third-order valence-electron chi connectivity index (χ3n) is 4.07. The molecular weight excluding hydrogens is 316 g/mol. The Bertz CT molecular complexity index is 295. The molecular formula is C20H40N2OS. The van der Waals surface area contributed by atoms with Gasteiger partial charge in [-0.15, -0.1) is 0 Å². The molecule has 0 spiro atoms. The summed E-state index contributed by atoms with van der Waals surface area (Å²) in [5, 5.41) is 0. The second kappa shape index (κ2) is 20.6. The number of carbonyl (C=O) groups excluding carboxylic acids is 1. The van der Waals surface area contributed by atoms with Gasteiger partial charge in [-0.1, -0.05) is 70.4 Å². The molecule has 0 aliphatic rings. The lowest BCUT2D eigenvalue weighted by atomic mass is 10.1. The first-order valence-electron chi connectivity index (χ1n) is 10.1. The molecule has 0 bridgehead atoms. The van der Waals surface area contributed by atoms with Gasteiger partial charge in [0.1, 0.15) is 0 Å². The molecule has 24 heavy (non-hydrogen) atoms. The third kappa shape index (κ3) is 19.6. The van der Waals surface area contributed by atoms with Crippen LogP contribution in [0, 0.1) is 0 Å². The zero-order valence-corrected chi connectivity index (χ0v) is 16.7. The van der Waals surface area contributed by atoms with Crippen LogP contribution in [0.2, 0.25) is 0 Å². The molecule has 0 atom stereocenters. The van der Waals surface area contributed by atoms with E-state index in [4.69, 9.17) is 5.73 Å². The minimum Gasteiger partial charge on any atom is -0.330 e. The average molecular weight is 357 g/mol. The van der Waals surface area contributed by atoms with Crippen molar-refractivity contribution >= 4 is 17.9 Å². The van der Waals surface area contributed by atoms with Crippen molar-refractivity contribution in [2.24, 2.45) is 5.73 Å². The predicted molar refractivity (Wildman–Crippen MR) is 109 cm³/mol. The Kier molecular flexibility index (Phi) is 20.2. The molecule has 3 nitrogen and oxygen atoms in total. The lowest BCUT2D eigenvalue weighted by Crippen LogP contribution is -2.17. The Labute approximate surface area is 154 Å². The maximum Gasteiger partial charge on any atom is 0.229 e. The summed E-state index contributed by atoms with van der Waals surface area (Å²) in [7, 11) is 0. The fraction of sp³-hybridized carbons (Fsp3) is 0.850. The second-order valence-corrected chi connectivity index (χ2v) is 7.40. The molecule has 0 saturated heterocycles. The number of nitrogens with two attached hydrogens (primary N) is 1. The molecule has 0 aliphatic heterocycles. The van der Waals surface area contributed by atoms with Gasteiger partial charge in [0, 0.05) is 18.7 Å². The number of nitrogens with one attached hydrogen (secondary N) is 1. The van der Waals surface area contributed by atoms with E-state index in [2.05, 4.69) is 23.8 Å². The highest BCUT2D eigenvalue weighted by Crippen LogP contribution is 2.10. The average Bonchev–Trinajstić information content (AvgIpc) is 2.58. The Morgan fingerprint density at radius 1 is 0.875 bits per heavy atom. The van der Waals surface area contributed by atoms with Gasteiger partial charge in [-0.3, -0.25) is 4.79 Å². The quantitative estimate of drug-likeness (QED) is 0.187. The number of unbranched alkanes of at least 4 members (excludes halogenated alkanes) is 11. The molecule has 0 aromatic heterocycles. The van der Waals surface area contributed by atoms with Gasteiger partial charge >= 0.3 is 0 Å². The van der Waals surface area contributed by atoms with Gasteiger partial charge in [-0.2, -0.15) is 0 Å².